The minimum atomic E-state index is -4.78. The lowest BCUT2D eigenvalue weighted by Gasteiger charge is -2.44. The minimum Gasteiger partial charge on any atom is -0.277 e. The van der Waals surface area contributed by atoms with Crippen LogP contribution in [-0.2, 0) is 30.6 Å². The van der Waals surface area contributed by atoms with Crippen molar-refractivity contribution in [2.24, 2.45) is 5.92 Å². The molecule has 13 heteroatoms. The molecule has 1 saturated heterocycles. The fourth-order valence-corrected chi connectivity index (χ4v) is 6.15. The van der Waals surface area contributed by atoms with Crippen molar-refractivity contribution in [3.63, 3.8) is 0 Å². The Morgan fingerprint density at radius 1 is 1.03 bits per heavy atom. The number of benzene rings is 2. The summed E-state index contributed by atoms with van der Waals surface area (Å²) in [6.45, 7) is 1.84. The summed E-state index contributed by atoms with van der Waals surface area (Å²) in [5.74, 6) is -4.35. The van der Waals surface area contributed by atoms with E-state index in [0.29, 0.717) is 23.1 Å². The maximum atomic E-state index is 13.7. The van der Waals surface area contributed by atoms with E-state index < -0.39 is 81.6 Å². The zero-order chi connectivity index (χ0) is 25.9. The van der Waals surface area contributed by atoms with Crippen molar-refractivity contribution in [2.75, 3.05) is 12.8 Å². The molecule has 2 aromatic carbocycles. The van der Waals surface area contributed by atoms with Crippen LogP contribution in [-0.4, -0.2) is 51.1 Å². The molecule has 34 heavy (non-hydrogen) atoms. The van der Waals surface area contributed by atoms with Crippen LogP contribution < -0.4 is 0 Å². The van der Waals surface area contributed by atoms with Gasteiger partial charge in [-0.25, -0.2) is 21.2 Å². The number of halogens is 4. The summed E-state index contributed by atoms with van der Waals surface area (Å²) in [5.41, 5.74) is -1.77. The molecule has 184 valence electrons. The van der Waals surface area contributed by atoms with Gasteiger partial charge in [-0.05, 0) is 50.2 Å². The Morgan fingerprint density at radius 3 is 2.18 bits per heavy atom. The third kappa shape index (κ3) is 4.33. The summed E-state index contributed by atoms with van der Waals surface area (Å²) in [6, 6.07) is 5.45. The van der Waals surface area contributed by atoms with Crippen molar-refractivity contribution in [3.8, 4) is 0 Å². The van der Waals surface area contributed by atoms with Gasteiger partial charge in [-0.15, -0.1) is 0 Å². The summed E-state index contributed by atoms with van der Waals surface area (Å²) >= 11 is 0. The first-order valence-corrected chi connectivity index (χ1v) is 13.0. The van der Waals surface area contributed by atoms with Gasteiger partial charge in [0.2, 0.25) is 5.91 Å². The molecule has 0 saturated carbocycles. The number of carbonyl (C=O) groups excluding carboxylic acids is 2. The van der Waals surface area contributed by atoms with Crippen LogP contribution in [0, 0.1) is 11.7 Å². The molecule has 7 nitrogen and oxygen atoms in total. The molecule has 1 fully saturated rings. The van der Waals surface area contributed by atoms with Crippen LogP contribution in [0.15, 0.2) is 52.3 Å². The Morgan fingerprint density at radius 2 is 1.65 bits per heavy atom. The van der Waals surface area contributed by atoms with Crippen molar-refractivity contribution in [1.82, 2.24) is 4.90 Å². The third-order valence-electron chi connectivity index (χ3n) is 5.75. The maximum absolute atomic E-state index is 13.7. The Labute approximate surface area is 193 Å². The van der Waals surface area contributed by atoms with Crippen LogP contribution >= 0.6 is 0 Å². The van der Waals surface area contributed by atoms with Gasteiger partial charge in [0.05, 0.1) is 31.6 Å². The number of sulfone groups is 2. The molecular weight excluding hydrogens is 502 g/mol. The molecule has 1 heterocycles. The molecule has 1 aliphatic heterocycles. The highest BCUT2D eigenvalue weighted by molar-refractivity contribution is 7.92. The number of likely N-dealkylation sites (tertiary alicyclic amines) is 1. The fraction of sp³-hybridized carbons (Fsp3) is 0.333. The van der Waals surface area contributed by atoms with Gasteiger partial charge in [-0.1, -0.05) is 6.07 Å². The largest absolute Gasteiger partial charge is 0.416 e. The van der Waals surface area contributed by atoms with Crippen LogP contribution in [0.4, 0.5) is 17.6 Å². The highest BCUT2D eigenvalue weighted by atomic mass is 32.2. The standard InChI is InChI=1S/C21H19F4NO6S2/c1-20(2,34(31,32)14-6-4-5-12(9-14)21(23,24)25)16-11-26(19(16)28)18(27)15-10-13(22)7-8-17(15)33(3,29)30/h4-10,16H,11H2,1-3H3. The summed E-state index contributed by atoms with van der Waals surface area (Å²) in [4.78, 5) is 25.0. The van der Waals surface area contributed by atoms with Crippen LogP contribution in [0.2, 0.25) is 0 Å². The first kappa shape index (κ1) is 25.8. The molecule has 3 rings (SSSR count). The van der Waals surface area contributed by atoms with E-state index in [4.69, 9.17) is 0 Å². The van der Waals surface area contributed by atoms with Crippen molar-refractivity contribution in [2.45, 2.75) is 34.6 Å². The zero-order valence-electron chi connectivity index (χ0n) is 18.1. The number of hydrogen-bond acceptors (Lipinski definition) is 6. The Kier molecular flexibility index (Phi) is 6.19. The van der Waals surface area contributed by atoms with Crippen LogP contribution in [0.25, 0.3) is 0 Å². The lowest BCUT2D eigenvalue weighted by molar-refractivity contribution is -0.145. The highest BCUT2D eigenvalue weighted by Crippen LogP contribution is 2.40. The topological polar surface area (TPSA) is 106 Å². The summed E-state index contributed by atoms with van der Waals surface area (Å²) in [7, 11) is -8.44. The van der Waals surface area contributed by atoms with E-state index >= 15 is 0 Å². The second-order valence-corrected chi connectivity index (χ2v) is 12.9. The van der Waals surface area contributed by atoms with E-state index in [1.807, 2.05) is 0 Å². The predicted octanol–water partition coefficient (Wildman–Crippen LogP) is 3.10. The fourth-order valence-electron chi connectivity index (χ4n) is 3.60. The number of amides is 2. The van der Waals surface area contributed by atoms with Crippen LogP contribution in [0.5, 0.6) is 0 Å². The second kappa shape index (κ2) is 8.15. The van der Waals surface area contributed by atoms with E-state index in [-0.39, 0.29) is 0 Å². The van der Waals surface area contributed by atoms with E-state index in [0.717, 1.165) is 44.4 Å². The normalized spacial score (nSPS) is 17.4. The first-order chi connectivity index (χ1) is 15.4. The van der Waals surface area contributed by atoms with Crippen molar-refractivity contribution in [1.29, 1.82) is 0 Å². The van der Waals surface area contributed by atoms with E-state index in [1.165, 1.54) is 0 Å². The number of imide groups is 1. The van der Waals surface area contributed by atoms with Crippen molar-refractivity contribution < 1.29 is 44.0 Å². The number of nitrogens with zero attached hydrogens (tertiary/aromatic N) is 1. The Hall–Kier alpha value is -2.80. The minimum absolute atomic E-state index is 0.456. The lowest BCUT2D eigenvalue weighted by Crippen LogP contribution is -2.64. The molecule has 2 aromatic rings. The smallest absolute Gasteiger partial charge is 0.277 e. The highest BCUT2D eigenvalue weighted by Gasteiger charge is 2.55. The van der Waals surface area contributed by atoms with E-state index in [1.54, 1.807) is 0 Å². The monoisotopic (exact) mass is 521 g/mol. The summed E-state index contributed by atoms with van der Waals surface area (Å²) in [5, 5.41) is 0. The zero-order valence-corrected chi connectivity index (χ0v) is 19.7. The van der Waals surface area contributed by atoms with Crippen LogP contribution in [0.1, 0.15) is 29.8 Å². The lowest BCUT2D eigenvalue weighted by atomic mass is 9.86. The molecule has 1 atom stereocenters. The third-order valence-corrected chi connectivity index (χ3v) is 9.45. The van der Waals surface area contributed by atoms with Crippen molar-refractivity contribution in [3.05, 3.63) is 59.4 Å². The molecule has 1 unspecified atom stereocenters. The molecule has 0 bridgehead atoms. The van der Waals surface area contributed by atoms with E-state index in [2.05, 4.69) is 0 Å². The molecule has 1 aliphatic rings. The molecular formula is C21H19F4NO6S2. The van der Waals surface area contributed by atoms with Gasteiger partial charge in [0.15, 0.2) is 19.7 Å². The molecule has 0 aliphatic carbocycles. The quantitative estimate of drug-likeness (QED) is 0.259. The predicted molar refractivity (Wildman–Crippen MR) is 112 cm³/mol. The Balaban J connectivity index is 1.92. The summed E-state index contributed by atoms with van der Waals surface area (Å²) < 4.78 is 101. The van der Waals surface area contributed by atoms with Gasteiger partial charge >= 0.3 is 6.18 Å². The van der Waals surface area contributed by atoms with Gasteiger partial charge in [0, 0.05) is 12.8 Å². The average Bonchev–Trinajstić information content (AvgIpc) is 2.70. The van der Waals surface area contributed by atoms with Crippen LogP contribution in [0.3, 0.4) is 0 Å². The molecule has 0 radical (unpaired) electrons. The van der Waals surface area contributed by atoms with E-state index in [9.17, 15) is 44.0 Å². The molecule has 0 spiro atoms. The van der Waals surface area contributed by atoms with Gasteiger partial charge in [-0.3, -0.25) is 14.5 Å². The average molecular weight is 522 g/mol. The number of hydrogen-bond donors (Lipinski definition) is 0. The number of β-lactam (4-membered cyclic amide) rings is 1. The number of carbonyl (C=O) groups is 2. The van der Waals surface area contributed by atoms with Crippen molar-refractivity contribution >= 4 is 31.5 Å². The maximum Gasteiger partial charge on any atom is 0.416 e. The van der Waals surface area contributed by atoms with Gasteiger partial charge in [0.1, 0.15) is 5.82 Å². The summed E-state index contributed by atoms with van der Waals surface area (Å²) in [6.07, 6.45) is -3.99. The number of alkyl halides is 3. The van der Waals surface area contributed by atoms with Gasteiger partial charge < -0.3 is 0 Å². The van der Waals surface area contributed by atoms with Gasteiger partial charge in [-0.2, -0.15) is 13.2 Å². The molecule has 0 aromatic heterocycles. The Bertz CT molecular complexity index is 1400. The second-order valence-electron chi connectivity index (χ2n) is 8.35. The number of rotatable bonds is 5. The SMILES string of the molecule is CC(C)(C1CN(C(=O)c2cc(F)ccc2S(C)(=O)=O)C1=O)S(=O)(=O)c1cccc(C(F)(F)F)c1. The van der Waals surface area contributed by atoms with Gasteiger partial charge in [0.25, 0.3) is 5.91 Å². The molecule has 0 N–H and O–H groups in total. The first-order valence-electron chi connectivity index (χ1n) is 9.66. The molecule has 2 amide bonds.